The number of fused-ring (bicyclic) bond motifs is 2. The van der Waals surface area contributed by atoms with Gasteiger partial charge in [-0.15, -0.1) is 5.10 Å². The van der Waals surface area contributed by atoms with Crippen LogP contribution in [0.5, 0.6) is 23.0 Å². The molecular formula is C28H25N5O5. The van der Waals surface area contributed by atoms with Crippen molar-refractivity contribution in [1.82, 2.24) is 14.8 Å². The minimum Gasteiger partial charge on any atom is -0.497 e. The van der Waals surface area contributed by atoms with Gasteiger partial charge >= 0.3 is 0 Å². The number of carbonyl (C=O) groups is 1. The molecule has 0 spiro atoms. The zero-order valence-electron chi connectivity index (χ0n) is 21.0. The van der Waals surface area contributed by atoms with E-state index in [1.165, 1.54) is 0 Å². The molecule has 3 heterocycles. The topological polar surface area (TPSA) is 109 Å². The van der Waals surface area contributed by atoms with Crippen LogP contribution in [0, 0.1) is 0 Å². The van der Waals surface area contributed by atoms with Gasteiger partial charge in [0.1, 0.15) is 17.5 Å². The first-order valence-electron chi connectivity index (χ1n) is 12.0. The van der Waals surface area contributed by atoms with E-state index in [1.807, 2.05) is 61.5 Å². The molecule has 1 amide bonds. The summed E-state index contributed by atoms with van der Waals surface area (Å²) in [5.41, 5.74) is 3.27. The summed E-state index contributed by atoms with van der Waals surface area (Å²) >= 11 is 0. The molecule has 1 atom stereocenters. The standard InChI is InChI=1S/C28H25N5O5/c1-16-24(27(34)30-20-9-4-5-10-21(20)36-3)25(17-11-12-22-23(14-17)38-15-37-22)33-28(29-16)31-26(32-33)18-7-6-8-19(13-18)35-2/h4-14,25H,15H2,1-3H3,(H,30,34)(H,29,31,32). The minimum absolute atomic E-state index is 0.148. The highest BCUT2D eigenvalue weighted by Gasteiger charge is 2.35. The van der Waals surface area contributed by atoms with Gasteiger partial charge in [0.25, 0.3) is 5.91 Å². The third-order valence-electron chi connectivity index (χ3n) is 6.49. The maximum Gasteiger partial charge on any atom is 0.255 e. The molecule has 0 aliphatic carbocycles. The van der Waals surface area contributed by atoms with Gasteiger partial charge < -0.3 is 29.6 Å². The second-order valence-electron chi connectivity index (χ2n) is 8.77. The number of methoxy groups -OCH3 is 2. The van der Waals surface area contributed by atoms with Gasteiger partial charge in [0.2, 0.25) is 12.7 Å². The number of amides is 1. The number of rotatable bonds is 6. The summed E-state index contributed by atoms with van der Waals surface area (Å²) in [6.45, 7) is 2.00. The number of para-hydroxylation sites is 2. The number of aromatic nitrogens is 3. The van der Waals surface area contributed by atoms with E-state index in [1.54, 1.807) is 31.0 Å². The molecule has 6 rings (SSSR count). The van der Waals surface area contributed by atoms with E-state index < -0.39 is 6.04 Å². The largest absolute Gasteiger partial charge is 0.497 e. The van der Waals surface area contributed by atoms with Gasteiger partial charge in [-0.1, -0.05) is 30.3 Å². The Bertz CT molecular complexity index is 1580. The van der Waals surface area contributed by atoms with E-state index in [0.29, 0.717) is 51.7 Å². The lowest BCUT2D eigenvalue weighted by atomic mass is 9.94. The lowest BCUT2D eigenvalue weighted by Gasteiger charge is -2.29. The maximum atomic E-state index is 13.8. The van der Waals surface area contributed by atoms with Gasteiger partial charge in [-0.3, -0.25) is 4.79 Å². The SMILES string of the molecule is COc1cccc(-c2nc3n(n2)C(c2ccc4c(c2)OCO4)C(C(=O)Nc2ccccc2OC)=C(C)N3)c1. The van der Waals surface area contributed by atoms with Gasteiger partial charge in [-0.25, -0.2) is 4.68 Å². The molecular weight excluding hydrogens is 486 g/mol. The van der Waals surface area contributed by atoms with Crippen LogP contribution in [0.2, 0.25) is 0 Å². The second-order valence-corrected chi connectivity index (χ2v) is 8.77. The Morgan fingerprint density at radius 2 is 1.87 bits per heavy atom. The smallest absolute Gasteiger partial charge is 0.255 e. The lowest BCUT2D eigenvalue weighted by molar-refractivity contribution is -0.113. The Hall–Kier alpha value is -4.99. The third-order valence-corrected chi connectivity index (χ3v) is 6.49. The number of nitrogens with zero attached hydrogens (tertiary/aromatic N) is 3. The first kappa shape index (κ1) is 23.4. The average Bonchev–Trinajstić information content (AvgIpc) is 3.59. The summed E-state index contributed by atoms with van der Waals surface area (Å²) in [5, 5.41) is 11.1. The van der Waals surface area contributed by atoms with Crippen LogP contribution in [0.4, 0.5) is 11.6 Å². The Labute approximate surface area is 218 Å². The normalized spacial score (nSPS) is 15.5. The van der Waals surface area contributed by atoms with Crippen LogP contribution in [0.25, 0.3) is 11.4 Å². The predicted molar refractivity (Wildman–Crippen MR) is 141 cm³/mol. The second kappa shape index (κ2) is 9.47. The minimum atomic E-state index is -0.595. The number of hydrogen-bond acceptors (Lipinski definition) is 8. The predicted octanol–water partition coefficient (Wildman–Crippen LogP) is 4.62. The Kier molecular flexibility index (Phi) is 5.83. The Morgan fingerprint density at radius 3 is 2.71 bits per heavy atom. The van der Waals surface area contributed by atoms with Crippen LogP contribution in [0.15, 0.2) is 78.0 Å². The first-order valence-corrected chi connectivity index (χ1v) is 12.0. The van der Waals surface area contributed by atoms with Crippen molar-refractivity contribution in [1.29, 1.82) is 0 Å². The van der Waals surface area contributed by atoms with E-state index in [-0.39, 0.29) is 12.7 Å². The van der Waals surface area contributed by atoms with E-state index in [0.717, 1.165) is 11.1 Å². The summed E-state index contributed by atoms with van der Waals surface area (Å²) in [7, 11) is 3.18. The zero-order chi connectivity index (χ0) is 26.2. The molecule has 0 bridgehead atoms. The van der Waals surface area contributed by atoms with Crippen LogP contribution in [-0.2, 0) is 4.79 Å². The van der Waals surface area contributed by atoms with Gasteiger partial charge in [0, 0.05) is 11.3 Å². The van der Waals surface area contributed by atoms with E-state index in [4.69, 9.17) is 29.0 Å². The monoisotopic (exact) mass is 511 g/mol. The van der Waals surface area contributed by atoms with Crippen molar-refractivity contribution < 1.29 is 23.7 Å². The zero-order valence-corrected chi connectivity index (χ0v) is 21.0. The van der Waals surface area contributed by atoms with Crippen molar-refractivity contribution in [2.45, 2.75) is 13.0 Å². The fraction of sp³-hybridized carbons (Fsp3) is 0.179. The summed E-state index contributed by atoms with van der Waals surface area (Å²) in [6, 6.07) is 19.8. The highest BCUT2D eigenvalue weighted by Crippen LogP contribution is 2.41. The molecule has 0 saturated carbocycles. The molecule has 3 aromatic carbocycles. The number of hydrogen-bond donors (Lipinski definition) is 2. The van der Waals surface area contributed by atoms with E-state index in [9.17, 15) is 4.79 Å². The molecule has 10 heteroatoms. The van der Waals surface area contributed by atoms with Crippen LogP contribution in [0.1, 0.15) is 18.5 Å². The van der Waals surface area contributed by atoms with Crippen molar-refractivity contribution in [3.8, 4) is 34.4 Å². The molecule has 38 heavy (non-hydrogen) atoms. The van der Waals surface area contributed by atoms with Crippen molar-refractivity contribution in [2.75, 3.05) is 31.6 Å². The molecule has 192 valence electrons. The molecule has 0 saturated heterocycles. The van der Waals surface area contributed by atoms with Crippen LogP contribution < -0.4 is 29.6 Å². The molecule has 1 aromatic heterocycles. The summed E-state index contributed by atoms with van der Waals surface area (Å²) in [4.78, 5) is 18.6. The number of anilines is 2. The highest BCUT2D eigenvalue weighted by atomic mass is 16.7. The van der Waals surface area contributed by atoms with Crippen LogP contribution in [0.3, 0.4) is 0 Å². The summed E-state index contributed by atoms with van der Waals surface area (Å²) in [5.74, 6) is 3.22. The lowest BCUT2D eigenvalue weighted by Crippen LogP contribution is -2.31. The number of nitrogens with one attached hydrogen (secondary N) is 2. The summed E-state index contributed by atoms with van der Waals surface area (Å²) < 4.78 is 23.7. The first-order chi connectivity index (χ1) is 18.6. The van der Waals surface area contributed by atoms with Crippen molar-refractivity contribution >= 4 is 17.5 Å². The molecule has 0 radical (unpaired) electrons. The molecule has 10 nitrogen and oxygen atoms in total. The molecule has 0 fully saturated rings. The molecule has 2 aliphatic rings. The Balaban J connectivity index is 1.45. The number of ether oxygens (including phenoxy) is 4. The van der Waals surface area contributed by atoms with Crippen molar-refractivity contribution in [3.63, 3.8) is 0 Å². The average molecular weight is 512 g/mol. The van der Waals surface area contributed by atoms with Crippen LogP contribution in [-0.4, -0.2) is 41.7 Å². The Morgan fingerprint density at radius 1 is 1.03 bits per heavy atom. The fourth-order valence-electron chi connectivity index (χ4n) is 4.66. The molecule has 2 N–H and O–H groups in total. The van der Waals surface area contributed by atoms with Gasteiger partial charge in [0.05, 0.1) is 25.5 Å². The maximum absolute atomic E-state index is 13.8. The van der Waals surface area contributed by atoms with Gasteiger partial charge in [0.15, 0.2) is 17.3 Å². The van der Waals surface area contributed by atoms with Crippen molar-refractivity contribution in [3.05, 3.63) is 83.6 Å². The van der Waals surface area contributed by atoms with E-state index in [2.05, 4.69) is 10.6 Å². The third kappa shape index (κ3) is 4.05. The fourth-order valence-corrected chi connectivity index (χ4v) is 4.66. The van der Waals surface area contributed by atoms with Crippen LogP contribution >= 0.6 is 0 Å². The quantitative estimate of drug-likeness (QED) is 0.386. The summed E-state index contributed by atoms with van der Waals surface area (Å²) in [6.07, 6.45) is 0. The molecule has 2 aliphatic heterocycles. The van der Waals surface area contributed by atoms with Crippen molar-refractivity contribution in [2.24, 2.45) is 0 Å². The molecule has 1 unspecified atom stereocenters. The number of allylic oxidation sites excluding steroid dienone is 1. The van der Waals surface area contributed by atoms with Gasteiger partial charge in [-0.05, 0) is 48.9 Å². The molecule has 4 aromatic rings. The number of carbonyl (C=O) groups excluding carboxylic acids is 1. The highest BCUT2D eigenvalue weighted by molar-refractivity contribution is 6.06. The van der Waals surface area contributed by atoms with Gasteiger partial charge in [-0.2, -0.15) is 4.98 Å². The van der Waals surface area contributed by atoms with E-state index >= 15 is 0 Å². The number of benzene rings is 3.